The number of rotatable bonds is 5. The predicted molar refractivity (Wildman–Crippen MR) is 58.9 cm³/mol. The van der Waals surface area contributed by atoms with E-state index in [4.69, 9.17) is 0 Å². The van der Waals surface area contributed by atoms with Gasteiger partial charge in [0.15, 0.2) is 13.0 Å². The zero-order valence-corrected chi connectivity index (χ0v) is 10.0. The second-order valence-corrected chi connectivity index (χ2v) is 3.98. The molecule has 6 heteroatoms. The molecule has 0 saturated carbocycles. The summed E-state index contributed by atoms with van der Waals surface area (Å²) in [5, 5.41) is 17.8. The SMILES string of the molecule is C[n+]1noc([O-])c1CNCCc1ccc(F)cc1. The fourth-order valence-electron chi connectivity index (χ4n) is 1.61. The van der Waals surface area contributed by atoms with Gasteiger partial charge in [-0.3, -0.25) is 0 Å². The first-order chi connectivity index (χ1) is 8.66. The van der Waals surface area contributed by atoms with Crippen LogP contribution in [-0.4, -0.2) is 11.8 Å². The number of hydrogen-bond donors (Lipinski definition) is 1. The van der Waals surface area contributed by atoms with Crippen LogP contribution >= 0.6 is 0 Å². The van der Waals surface area contributed by atoms with E-state index < -0.39 is 5.95 Å². The summed E-state index contributed by atoms with van der Waals surface area (Å²) >= 11 is 0. The van der Waals surface area contributed by atoms with Crippen LogP contribution in [-0.2, 0) is 20.0 Å². The Balaban J connectivity index is 1.78. The molecule has 1 heterocycles. The van der Waals surface area contributed by atoms with Gasteiger partial charge in [-0.15, -0.1) is 0 Å². The van der Waals surface area contributed by atoms with Gasteiger partial charge in [-0.1, -0.05) is 16.8 Å². The van der Waals surface area contributed by atoms with Gasteiger partial charge in [0.25, 0.3) is 0 Å². The highest BCUT2D eigenvalue weighted by Crippen LogP contribution is 2.06. The topological polar surface area (TPSA) is 65.0 Å². The third-order valence-corrected chi connectivity index (χ3v) is 2.67. The van der Waals surface area contributed by atoms with Crippen LogP contribution in [0.3, 0.4) is 0 Å². The lowest BCUT2D eigenvalue weighted by atomic mass is 10.1. The Hall–Kier alpha value is -1.95. The maximum atomic E-state index is 12.7. The summed E-state index contributed by atoms with van der Waals surface area (Å²) in [6.45, 7) is 1.09. The molecule has 1 aromatic heterocycles. The van der Waals surface area contributed by atoms with E-state index in [-0.39, 0.29) is 5.82 Å². The first kappa shape index (κ1) is 12.5. The minimum atomic E-state index is -0.424. The first-order valence-electron chi connectivity index (χ1n) is 5.64. The van der Waals surface area contributed by atoms with Crippen molar-refractivity contribution in [3.63, 3.8) is 0 Å². The summed E-state index contributed by atoms with van der Waals surface area (Å²) in [6, 6.07) is 6.36. The highest BCUT2D eigenvalue weighted by atomic mass is 19.1. The molecule has 0 spiro atoms. The van der Waals surface area contributed by atoms with Crippen LogP contribution in [0.5, 0.6) is 5.95 Å². The molecule has 0 aliphatic carbocycles. The van der Waals surface area contributed by atoms with Gasteiger partial charge in [0.1, 0.15) is 5.82 Å². The number of aryl methyl sites for hydroxylation is 1. The molecular formula is C12H14FN3O2. The second-order valence-electron chi connectivity index (χ2n) is 3.98. The van der Waals surface area contributed by atoms with Crippen molar-refractivity contribution in [3.8, 4) is 5.95 Å². The molecule has 96 valence electrons. The number of nitrogens with zero attached hydrogens (tertiary/aromatic N) is 2. The monoisotopic (exact) mass is 251 g/mol. The number of nitrogens with one attached hydrogen (secondary N) is 1. The van der Waals surface area contributed by atoms with Crippen molar-refractivity contribution in [2.75, 3.05) is 6.54 Å². The summed E-state index contributed by atoms with van der Waals surface area (Å²) < 4.78 is 18.6. The number of hydrogen-bond acceptors (Lipinski definition) is 4. The zero-order valence-electron chi connectivity index (χ0n) is 10.0. The molecule has 0 unspecified atom stereocenters. The number of halogens is 1. The molecule has 0 fully saturated rings. The third-order valence-electron chi connectivity index (χ3n) is 2.67. The lowest BCUT2D eigenvalue weighted by Crippen LogP contribution is -2.37. The van der Waals surface area contributed by atoms with Gasteiger partial charge in [-0.25, -0.2) is 4.39 Å². The summed E-state index contributed by atoms with van der Waals surface area (Å²) in [5.74, 6) is -0.661. The van der Waals surface area contributed by atoms with Crippen molar-refractivity contribution in [2.45, 2.75) is 13.0 Å². The van der Waals surface area contributed by atoms with Gasteiger partial charge in [-0.05, 0) is 30.7 Å². The molecule has 0 aliphatic rings. The predicted octanol–water partition coefficient (Wildman–Crippen LogP) is 0.0441. The minimum absolute atomic E-state index is 0.237. The molecule has 5 nitrogen and oxygen atoms in total. The summed E-state index contributed by atoms with van der Waals surface area (Å²) in [7, 11) is 1.65. The van der Waals surface area contributed by atoms with E-state index in [1.807, 2.05) is 0 Å². The van der Waals surface area contributed by atoms with Gasteiger partial charge in [0.2, 0.25) is 5.69 Å². The van der Waals surface area contributed by atoms with E-state index in [1.165, 1.54) is 16.8 Å². The van der Waals surface area contributed by atoms with E-state index >= 15 is 0 Å². The molecule has 18 heavy (non-hydrogen) atoms. The Morgan fingerprint density at radius 2 is 2.11 bits per heavy atom. The second kappa shape index (κ2) is 5.59. The molecule has 0 aliphatic heterocycles. The van der Waals surface area contributed by atoms with Crippen LogP contribution in [0.4, 0.5) is 4.39 Å². The van der Waals surface area contributed by atoms with Crippen LogP contribution in [0.15, 0.2) is 28.8 Å². The van der Waals surface area contributed by atoms with Crippen molar-refractivity contribution in [2.24, 2.45) is 7.05 Å². The zero-order chi connectivity index (χ0) is 13.0. The average molecular weight is 251 g/mol. The highest BCUT2D eigenvalue weighted by Gasteiger charge is 2.11. The van der Waals surface area contributed by atoms with E-state index in [2.05, 4.69) is 15.1 Å². The summed E-state index contributed by atoms with van der Waals surface area (Å²) in [6.07, 6.45) is 0.767. The fourth-order valence-corrected chi connectivity index (χ4v) is 1.61. The molecule has 0 amide bonds. The van der Waals surface area contributed by atoms with Crippen molar-refractivity contribution in [1.29, 1.82) is 0 Å². The largest absolute Gasteiger partial charge is 0.539 e. The van der Waals surface area contributed by atoms with Gasteiger partial charge in [0.05, 0.1) is 11.8 Å². The maximum absolute atomic E-state index is 12.7. The standard InChI is InChI=1S/C12H14FN3O2/c1-16-11(12(17)18-15-16)8-14-7-6-9-2-4-10(13)5-3-9/h2-5,14H,6-8H2,1H3. The Bertz CT molecular complexity index is 491. The van der Waals surface area contributed by atoms with Crippen molar-refractivity contribution >= 4 is 0 Å². The Morgan fingerprint density at radius 1 is 1.39 bits per heavy atom. The first-order valence-corrected chi connectivity index (χ1v) is 5.64. The molecule has 1 N–H and O–H groups in total. The van der Waals surface area contributed by atoms with Gasteiger partial charge < -0.3 is 14.9 Å². The smallest absolute Gasteiger partial charge is 0.246 e. The van der Waals surface area contributed by atoms with E-state index in [0.29, 0.717) is 18.8 Å². The van der Waals surface area contributed by atoms with E-state index in [0.717, 1.165) is 12.0 Å². The molecule has 0 atom stereocenters. The average Bonchev–Trinajstić information content (AvgIpc) is 2.68. The van der Waals surface area contributed by atoms with Gasteiger partial charge >= 0.3 is 0 Å². The Morgan fingerprint density at radius 3 is 2.72 bits per heavy atom. The van der Waals surface area contributed by atoms with Crippen LogP contribution in [0.1, 0.15) is 11.3 Å². The molecule has 2 rings (SSSR count). The number of aromatic nitrogens is 2. The van der Waals surface area contributed by atoms with E-state index in [1.54, 1.807) is 19.2 Å². The van der Waals surface area contributed by atoms with Crippen LogP contribution in [0.2, 0.25) is 0 Å². The Kier molecular flexibility index (Phi) is 3.88. The Labute approximate surface area is 104 Å². The number of benzene rings is 1. The molecule has 0 saturated heterocycles. The van der Waals surface area contributed by atoms with Crippen molar-refractivity contribution < 1.29 is 18.7 Å². The van der Waals surface area contributed by atoms with Crippen LogP contribution < -0.4 is 15.1 Å². The normalized spacial score (nSPS) is 10.8. The van der Waals surface area contributed by atoms with Crippen LogP contribution in [0.25, 0.3) is 0 Å². The molecule has 1 aromatic carbocycles. The van der Waals surface area contributed by atoms with Crippen LogP contribution in [0, 0.1) is 5.82 Å². The van der Waals surface area contributed by atoms with Crippen molar-refractivity contribution in [1.82, 2.24) is 10.6 Å². The molecular weight excluding hydrogens is 237 g/mol. The summed E-state index contributed by atoms with van der Waals surface area (Å²) in [5.41, 5.74) is 1.52. The molecule has 0 bridgehead atoms. The molecule has 0 radical (unpaired) electrons. The maximum Gasteiger partial charge on any atom is 0.246 e. The minimum Gasteiger partial charge on any atom is -0.539 e. The lowest BCUT2D eigenvalue weighted by Gasteiger charge is -2.03. The highest BCUT2D eigenvalue weighted by molar-refractivity contribution is 5.16. The molecule has 2 aromatic rings. The quantitative estimate of drug-likeness (QED) is 0.602. The third kappa shape index (κ3) is 3.04. The van der Waals surface area contributed by atoms with E-state index in [9.17, 15) is 9.50 Å². The summed E-state index contributed by atoms with van der Waals surface area (Å²) in [4.78, 5) is 0. The fraction of sp³-hybridized carbons (Fsp3) is 0.333. The lowest BCUT2D eigenvalue weighted by molar-refractivity contribution is -0.746. The van der Waals surface area contributed by atoms with Gasteiger partial charge in [-0.2, -0.15) is 0 Å². The van der Waals surface area contributed by atoms with Crippen molar-refractivity contribution in [3.05, 3.63) is 41.3 Å². The van der Waals surface area contributed by atoms with Gasteiger partial charge in [0, 0.05) is 0 Å².